The van der Waals surface area contributed by atoms with E-state index in [0.29, 0.717) is 23.7 Å². The topological polar surface area (TPSA) is 44.8 Å². The van der Waals surface area contributed by atoms with Gasteiger partial charge in [0.25, 0.3) is 0 Å². The van der Waals surface area contributed by atoms with Crippen LogP contribution >= 0.6 is 15.9 Å². The molecule has 0 spiro atoms. The van der Waals surface area contributed by atoms with Crippen molar-refractivity contribution in [3.8, 4) is 17.2 Å². The molecule has 0 fully saturated rings. The van der Waals surface area contributed by atoms with Crippen LogP contribution in [0.3, 0.4) is 0 Å². The first-order valence-corrected chi connectivity index (χ1v) is 8.75. The Hall–Kier alpha value is -2.27. The second-order valence-electron chi connectivity index (χ2n) is 5.31. The Kier molecular flexibility index (Phi) is 7.07. The molecule has 4 nitrogen and oxygen atoms in total. The summed E-state index contributed by atoms with van der Waals surface area (Å²) in [5.41, 5.74) is 1.44. The molecule has 0 saturated carbocycles. The molecular formula is C20H21BrO4. The summed E-state index contributed by atoms with van der Waals surface area (Å²) in [6, 6.07) is 10.7. The number of carbonyl (C=O) groups is 1. The van der Waals surface area contributed by atoms with E-state index >= 15 is 0 Å². The lowest BCUT2D eigenvalue weighted by molar-refractivity contribution is 0.104. The van der Waals surface area contributed by atoms with Gasteiger partial charge in [0.15, 0.2) is 17.3 Å². The fourth-order valence-electron chi connectivity index (χ4n) is 2.20. The normalized spacial score (nSPS) is 10.7. The lowest BCUT2D eigenvalue weighted by Gasteiger charge is -2.12. The summed E-state index contributed by atoms with van der Waals surface area (Å²) < 4.78 is 17.0. The second kappa shape index (κ2) is 9.28. The molecule has 0 aliphatic rings. The average molecular weight is 405 g/mol. The zero-order chi connectivity index (χ0) is 18.2. The van der Waals surface area contributed by atoms with Crippen molar-refractivity contribution in [2.45, 2.75) is 13.3 Å². The van der Waals surface area contributed by atoms with Crippen LogP contribution in [-0.4, -0.2) is 26.6 Å². The van der Waals surface area contributed by atoms with Crippen molar-refractivity contribution >= 4 is 27.8 Å². The molecule has 132 valence electrons. The number of ketones is 1. The summed E-state index contributed by atoms with van der Waals surface area (Å²) in [4.78, 5) is 12.3. The van der Waals surface area contributed by atoms with Crippen molar-refractivity contribution in [1.29, 1.82) is 0 Å². The summed E-state index contributed by atoms with van der Waals surface area (Å²) in [7, 11) is 3.19. The van der Waals surface area contributed by atoms with Gasteiger partial charge >= 0.3 is 0 Å². The Labute approximate surface area is 156 Å². The fraction of sp³-hybridized carbons (Fsp3) is 0.250. The molecule has 0 N–H and O–H groups in total. The smallest absolute Gasteiger partial charge is 0.185 e. The quantitative estimate of drug-likeness (QED) is 0.450. The minimum atomic E-state index is -0.0796. The number of carbonyl (C=O) groups excluding carboxylic acids is 1. The monoisotopic (exact) mass is 404 g/mol. The maximum Gasteiger partial charge on any atom is 0.185 e. The minimum Gasteiger partial charge on any atom is -0.497 e. The Morgan fingerprint density at radius 1 is 1.12 bits per heavy atom. The van der Waals surface area contributed by atoms with E-state index in [9.17, 15) is 4.79 Å². The lowest BCUT2D eigenvalue weighted by atomic mass is 10.1. The van der Waals surface area contributed by atoms with Crippen molar-refractivity contribution in [3.63, 3.8) is 0 Å². The van der Waals surface area contributed by atoms with Gasteiger partial charge in [-0.05, 0) is 70.4 Å². The summed E-state index contributed by atoms with van der Waals surface area (Å²) >= 11 is 3.50. The van der Waals surface area contributed by atoms with Gasteiger partial charge in [0.05, 0.1) is 25.3 Å². The van der Waals surface area contributed by atoms with Crippen LogP contribution in [0.1, 0.15) is 29.3 Å². The van der Waals surface area contributed by atoms with E-state index in [4.69, 9.17) is 14.2 Å². The zero-order valence-electron chi connectivity index (χ0n) is 14.5. The first-order chi connectivity index (χ1) is 12.1. The second-order valence-corrected chi connectivity index (χ2v) is 6.16. The van der Waals surface area contributed by atoms with Gasteiger partial charge in [-0.15, -0.1) is 0 Å². The van der Waals surface area contributed by atoms with E-state index < -0.39 is 0 Å². The Balaban J connectivity index is 2.19. The molecule has 0 radical (unpaired) electrons. The SMILES string of the molecule is CCCOc1c(Br)cc(/C=C/C(=O)c2ccc(OC)cc2)cc1OC. The summed E-state index contributed by atoms with van der Waals surface area (Å²) in [5.74, 6) is 1.93. The first kappa shape index (κ1) is 19.1. The molecule has 0 unspecified atom stereocenters. The van der Waals surface area contributed by atoms with E-state index in [1.165, 1.54) is 6.08 Å². The van der Waals surface area contributed by atoms with Gasteiger partial charge in [-0.3, -0.25) is 4.79 Å². The zero-order valence-corrected chi connectivity index (χ0v) is 16.1. The standard InChI is InChI=1S/C20H21BrO4/c1-4-11-25-20-17(21)12-14(13-19(20)24-3)5-10-18(22)15-6-8-16(23-2)9-7-15/h5-10,12-13H,4,11H2,1-3H3/b10-5+. The summed E-state index contributed by atoms with van der Waals surface area (Å²) in [6.45, 7) is 2.66. The minimum absolute atomic E-state index is 0.0796. The van der Waals surface area contributed by atoms with E-state index in [-0.39, 0.29) is 5.78 Å². The van der Waals surface area contributed by atoms with Crippen LogP contribution in [0.15, 0.2) is 46.9 Å². The van der Waals surface area contributed by atoms with Crippen molar-refractivity contribution in [1.82, 2.24) is 0 Å². The Bertz CT molecular complexity index is 751. The highest BCUT2D eigenvalue weighted by Gasteiger charge is 2.11. The van der Waals surface area contributed by atoms with Crippen molar-refractivity contribution in [2.75, 3.05) is 20.8 Å². The highest BCUT2D eigenvalue weighted by Crippen LogP contribution is 2.37. The molecule has 0 bridgehead atoms. The number of benzene rings is 2. The van der Waals surface area contributed by atoms with Gasteiger partial charge in [0, 0.05) is 5.56 Å². The maximum absolute atomic E-state index is 12.3. The summed E-state index contributed by atoms with van der Waals surface area (Å²) in [5, 5.41) is 0. The Morgan fingerprint density at radius 3 is 2.44 bits per heavy atom. The highest BCUT2D eigenvalue weighted by molar-refractivity contribution is 9.10. The Morgan fingerprint density at radius 2 is 1.84 bits per heavy atom. The molecule has 0 aromatic heterocycles. The van der Waals surface area contributed by atoms with Crippen LogP contribution in [0.2, 0.25) is 0 Å². The van der Waals surface area contributed by atoms with Crippen LogP contribution in [0.4, 0.5) is 0 Å². The maximum atomic E-state index is 12.3. The van der Waals surface area contributed by atoms with Gasteiger partial charge in [-0.2, -0.15) is 0 Å². The number of rotatable bonds is 8. The number of ether oxygens (including phenoxy) is 3. The molecule has 0 aliphatic heterocycles. The van der Waals surface area contributed by atoms with Crippen LogP contribution < -0.4 is 14.2 Å². The molecule has 0 aliphatic carbocycles. The third-order valence-corrected chi connectivity index (χ3v) is 4.09. The highest BCUT2D eigenvalue weighted by atomic mass is 79.9. The van der Waals surface area contributed by atoms with E-state index in [1.807, 2.05) is 19.1 Å². The number of allylic oxidation sites excluding steroid dienone is 1. The van der Waals surface area contributed by atoms with Gasteiger partial charge in [0.2, 0.25) is 0 Å². The van der Waals surface area contributed by atoms with Crippen molar-refractivity contribution < 1.29 is 19.0 Å². The van der Waals surface area contributed by atoms with Crippen LogP contribution in [-0.2, 0) is 0 Å². The number of methoxy groups -OCH3 is 2. The molecule has 0 atom stereocenters. The van der Waals surface area contributed by atoms with Crippen LogP contribution in [0.25, 0.3) is 6.08 Å². The third-order valence-electron chi connectivity index (χ3n) is 3.50. The molecule has 5 heteroatoms. The first-order valence-electron chi connectivity index (χ1n) is 7.95. The van der Waals surface area contributed by atoms with Crippen LogP contribution in [0.5, 0.6) is 17.2 Å². The number of hydrogen-bond acceptors (Lipinski definition) is 4. The molecule has 0 heterocycles. The average Bonchev–Trinajstić information content (AvgIpc) is 2.64. The molecule has 2 aromatic carbocycles. The molecule has 0 amide bonds. The van der Waals surface area contributed by atoms with E-state index in [0.717, 1.165) is 22.2 Å². The van der Waals surface area contributed by atoms with Gasteiger partial charge in [-0.25, -0.2) is 0 Å². The number of hydrogen-bond donors (Lipinski definition) is 0. The molecule has 2 aromatic rings. The predicted octanol–water partition coefficient (Wildman–Crippen LogP) is 5.15. The largest absolute Gasteiger partial charge is 0.497 e. The van der Waals surface area contributed by atoms with Crippen molar-refractivity contribution in [3.05, 3.63) is 58.1 Å². The van der Waals surface area contributed by atoms with E-state index in [1.54, 1.807) is 44.6 Å². The van der Waals surface area contributed by atoms with Gasteiger partial charge in [-0.1, -0.05) is 13.0 Å². The lowest BCUT2D eigenvalue weighted by Crippen LogP contribution is -1.99. The van der Waals surface area contributed by atoms with Gasteiger partial charge in [0.1, 0.15) is 5.75 Å². The third kappa shape index (κ3) is 5.10. The number of halogens is 1. The molecule has 2 rings (SSSR count). The predicted molar refractivity (Wildman–Crippen MR) is 103 cm³/mol. The molecule has 0 saturated heterocycles. The van der Waals surface area contributed by atoms with Gasteiger partial charge < -0.3 is 14.2 Å². The van der Waals surface area contributed by atoms with E-state index in [2.05, 4.69) is 15.9 Å². The summed E-state index contributed by atoms with van der Waals surface area (Å²) in [6.07, 6.45) is 4.20. The molecular weight excluding hydrogens is 384 g/mol. The van der Waals surface area contributed by atoms with Crippen molar-refractivity contribution in [2.24, 2.45) is 0 Å². The fourth-order valence-corrected chi connectivity index (χ4v) is 2.78. The van der Waals surface area contributed by atoms with Crippen LogP contribution in [0, 0.1) is 0 Å². The molecule has 25 heavy (non-hydrogen) atoms.